The first-order valence-electron chi connectivity index (χ1n) is 5.92. The zero-order valence-electron chi connectivity index (χ0n) is 10.9. The van der Waals surface area contributed by atoms with Crippen molar-refractivity contribution in [3.8, 4) is 0 Å². The molecule has 1 aromatic carbocycles. The first-order valence-corrected chi connectivity index (χ1v) is 7.04. The van der Waals surface area contributed by atoms with E-state index in [0.717, 1.165) is 0 Å². The minimum absolute atomic E-state index is 0.132. The van der Waals surface area contributed by atoms with Crippen LogP contribution in [0.25, 0.3) is 0 Å². The fourth-order valence-corrected chi connectivity index (χ4v) is 1.64. The van der Waals surface area contributed by atoms with Gasteiger partial charge in [0.2, 0.25) is 0 Å². The maximum atomic E-state index is 12.4. The third-order valence-electron chi connectivity index (χ3n) is 2.35. The maximum Gasteiger partial charge on any atom is 0.410 e. The minimum atomic E-state index is -4.60. The van der Waals surface area contributed by atoms with Crippen molar-refractivity contribution >= 4 is 27.8 Å². The highest BCUT2D eigenvalue weighted by molar-refractivity contribution is 9.09. The summed E-state index contributed by atoms with van der Waals surface area (Å²) in [6, 6.07) is 8.53. The average Bonchev–Trinajstić information content (AvgIpc) is 2.43. The Kier molecular flexibility index (Phi) is 6.67. The van der Waals surface area contributed by atoms with Crippen molar-refractivity contribution in [1.29, 1.82) is 0 Å². The van der Waals surface area contributed by atoms with Crippen molar-refractivity contribution in [1.82, 2.24) is 4.90 Å². The topological polar surface area (TPSA) is 46.6 Å². The average molecular weight is 368 g/mol. The molecule has 0 fully saturated rings. The fourth-order valence-electron chi connectivity index (χ4n) is 1.47. The van der Waals surface area contributed by atoms with Crippen LogP contribution < -0.4 is 0 Å². The van der Waals surface area contributed by atoms with Crippen LogP contribution in [0.1, 0.15) is 5.56 Å². The second-order valence-electron chi connectivity index (χ2n) is 4.18. The standard InChI is InChI=1S/C13H13BrF3NO3/c14-6-11(19)7-18(9-13(15,16)17)12(20)21-8-10-4-2-1-3-5-10/h1-5H,6-9H2. The first kappa shape index (κ1) is 17.5. The van der Waals surface area contributed by atoms with Gasteiger partial charge in [-0.1, -0.05) is 46.3 Å². The van der Waals surface area contributed by atoms with Gasteiger partial charge in [0.05, 0.1) is 11.9 Å². The molecule has 0 aliphatic carbocycles. The molecule has 0 bridgehead atoms. The van der Waals surface area contributed by atoms with Crippen molar-refractivity contribution in [2.75, 3.05) is 18.4 Å². The summed E-state index contributed by atoms with van der Waals surface area (Å²) in [5.41, 5.74) is 0.643. The number of hydrogen-bond donors (Lipinski definition) is 0. The number of carbonyl (C=O) groups is 2. The van der Waals surface area contributed by atoms with Gasteiger partial charge in [0.1, 0.15) is 13.2 Å². The lowest BCUT2D eigenvalue weighted by atomic mass is 10.2. The summed E-state index contributed by atoms with van der Waals surface area (Å²) < 4.78 is 42.0. The zero-order valence-corrected chi connectivity index (χ0v) is 12.5. The molecule has 4 nitrogen and oxygen atoms in total. The summed E-state index contributed by atoms with van der Waals surface area (Å²) in [5, 5.41) is -0.132. The van der Waals surface area contributed by atoms with Gasteiger partial charge in [-0.15, -0.1) is 0 Å². The number of nitrogens with zero attached hydrogens (tertiary/aromatic N) is 1. The third kappa shape index (κ3) is 7.12. The number of benzene rings is 1. The van der Waals surface area contributed by atoms with Crippen LogP contribution in [0.4, 0.5) is 18.0 Å². The van der Waals surface area contributed by atoms with Crippen molar-refractivity contribution in [3.05, 3.63) is 35.9 Å². The van der Waals surface area contributed by atoms with E-state index in [9.17, 15) is 22.8 Å². The third-order valence-corrected chi connectivity index (χ3v) is 2.98. The summed E-state index contributed by atoms with van der Waals surface area (Å²) in [6.45, 7) is -2.34. The molecule has 116 valence electrons. The monoisotopic (exact) mass is 367 g/mol. The highest BCUT2D eigenvalue weighted by atomic mass is 79.9. The van der Waals surface area contributed by atoms with E-state index in [0.29, 0.717) is 10.5 Å². The molecule has 0 spiro atoms. The Morgan fingerprint density at radius 3 is 2.33 bits per heavy atom. The number of hydrogen-bond acceptors (Lipinski definition) is 3. The molecular formula is C13H13BrF3NO3. The highest BCUT2D eigenvalue weighted by Gasteiger charge is 2.34. The summed E-state index contributed by atoms with van der Waals surface area (Å²) >= 11 is 2.84. The molecular weight excluding hydrogens is 355 g/mol. The summed E-state index contributed by atoms with van der Waals surface area (Å²) in [6.07, 6.45) is -5.77. The Labute approximate surface area is 128 Å². The number of carbonyl (C=O) groups excluding carboxylic acids is 2. The van der Waals surface area contributed by atoms with Crippen LogP contribution in [0, 0.1) is 0 Å². The van der Waals surface area contributed by atoms with Crippen molar-refractivity contribution in [3.63, 3.8) is 0 Å². The van der Waals surface area contributed by atoms with E-state index in [2.05, 4.69) is 15.9 Å². The highest BCUT2D eigenvalue weighted by Crippen LogP contribution is 2.17. The van der Waals surface area contributed by atoms with Crippen LogP contribution in [0.15, 0.2) is 30.3 Å². The number of alkyl halides is 4. The predicted molar refractivity (Wildman–Crippen MR) is 73.1 cm³/mol. The van der Waals surface area contributed by atoms with Crippen LogP contribution in [-0.2, 0) is 16.1 Å². The molecule has 0 unspecified atom stereocenters. The molecule has 0 N–H and O–H groups in total. The lowest BCUT2D eigenvalue weighted by Crippen LogP contribution is -2.42. The molecule has 8 heteroatoms. The van der Waals surface area contributed by atoms with Crippen LogP contribution >= 0.6 is 15.9 Å². The molecule has 0 aliphatic rings. The number of halogens is 4. The van der Waals surface area contributed by atoms with E-state index in [4.69, 9.17) is 4.74 Å². The maximum absolute atomic E-state index is 12.4. The van der Waals surface area contributed by atoms with Gasteiger partial charge in [-0.05, 0) is 5.56 Å². The number of rotatable bonds is 6. The lowest BCUT2D eigenvalue weighted by molar-refractivity contribution is -0.145. The van der Waals surface area contributed by atoms with Crippen molar-refractivity contribution < 1.29 is 27.5 Å². The Morgan fingerprint density at radius 2 is 1.81 bits per heavy atom. The van der Waals surface area contributed by atoms with Gasteiger partial charge < -0.3 is 4.74 Å². The summed E-state index contributed by atoms with van der Waals surface area (Å²) in [4.78, 5) is 23.2. The van der Waals surface area contributed by atoms with Gasteiger partial charge in [-0.2, -0.15) is 13.2 Å². The van der Waals surface area contributed by atoms with Gasteiger partial charge in [-0.25, -0.2) is 4.79 Å². The largest absolute Gasteiger partial charge is 0.445 e. The Morgan fingerprint density at radius 1 is 1.19 bits per heavy atom. The van der Waals surface area contributed by atoms with Gasteiger partial charge >= 0.3 is 12.3 Å². The Balaban J connectivity index is 2.63. The van der Waals surface area contributed by atoms with Crippen molar-refractivity contribution in [2.45, 2.75) is 12.8 Å². The predicted octanol–water partition coefficient (Wildman–Crippen LogP) is 3.15. The van der Waals surface area contributed by atoms with Gasteiger partial charge in [0.25, 0.3) is 0 Å². The second-order valence-corrected chi connectivity index (χ2v) is 4.74. The zero-order chi connectivity index (χ0) is 15.9. The van der Waals surface area contributed by atoms with Gasteiger partial charge in [0, 0.05) is 0 Å². The van der Waals surface area contributed by atoms with Gasteiger partial charge in [-0.3, -0.25) is 9.69 Å². The number of ether oxygens (including phenoxy) is 1. The Bertz CT molecular complexity index is 479. The van der Waals surface area contributed by atoms with Gasteiger partial charge in [0.15, 0.2) is 5.78 Å². The Hall–Kier alpha value is -1.57. The summed E-state index contributed by atoms with van der Waals surface area (Å²) in [5.74, 6) is -0.545. The summed E-state index contributed by atoms with van der Waals surface area (Å²) in [7, 11) is 0. The number of ketones is 1. The quantitative estimate of drug-likeness (QED) is 0.725. The van der Waals surface area contributed by atoms with Crippen molar-refractivity contribution in [2.24, 2.45) is 0 Å². The SMILES string of the molecule is O=C(CBr)CN(CC(F)(F)F)C(=O)OCc1ccccc1. The minimum Gasteiger partial charge on any atom is -0.445 e. The fraction of sp³-hybridized carbons (Fsp3) is 0.385. The number of amides is 1. The molecule has 0 atom stereocenters. The molecule has 0 heterocycles. The van der Waals surface area contributed by atoms with Crippen LogP contribution in [-0.4, -0.2) is 41.4 Å². The molecule has 0 aliphatic heterocycles. The first-order chi connectivity index (χ1) is 9.81. The molecule has 0 aromatic heterocycles. The molecule has 1 amide bonds. The van der Waals surface area contributed by atoms with Crippen LogP contribution in [0.5, 0.6) is 0 Å². The molecule has 21 heavy (non-hydrogen) atoms. The van der Waals surface area contributed by atoms with E-state index >= 15 is 0 Å². The molecule has 1 rings (SSSR count). The van der Waals surface area contributed by atoms with E-state index in [1.54, 1.807) is 30.3 Å². The number of Topliss-reactive ketones (excluding diaryl/α,β-unsaturated/α-hetero) is 1. The molecule has 0 saturated heterocycles. The second kappa shape index (κ2) is 8.02. The smallest absolute Gasteiger partial charge is 0.410 e. The normalized spacial score (nSPS) is 11.0. The van der Waals surface area contributed by atoms with Crippen LogP contribution in [0.3, 0.4) is 0 Å². The molecule has 0 radical (unpaired) electrons. The van der Waals surface area contributed by atoms with E-state index in [1.807, 2.05) is 0 Å². The van der Waals surface area contributed by atoms with E-state index in [1.165, 1.54) is 0 Å². The molecule has 0 saturated carbocycles. The molecule has 1 aromatic rings. The van der Waals surface area contributed by atoms with E-state index < -0.39 is 31.1 Å². The van der Waals surface area contributed by atoms with E-state index in [-0.39, 0.29) is 11.9 Å². The lowest BCUT2D eigenvalue weighted by Gasteiger charge is -2.22. The van der Waals surface area contributed by atoms with Crippen LogP contribution in [0.2, 0.25) is 0 Å².